The Kier molecular flexibility index (Phi) is 4.61. The van der Waals surface area contributed by atoms with Crippen LogP contribution in [0.25, 0.3) is 0 Å². The predicted molar refractivity (Wildman–Crippen MR) is 89.1 cm³/mol. The second-order valence-electron chi connectivity index (χ2n) is 6.38. The van der Waals surface area contributed by atoms with E-state index in [1.807, 2.05) is 36.4 Å². The number of hydrogen-bond donors (Lipinski definition) is 1. The van der Waals surface area contributed by atoms with E-state index in [-0.39, 0.29) is 18.9 Å². The van der Waals surface area contributed by atoms with Gasteiger partial charge in [0, 0.05) is 5.70 Å². The fraction of sp³-hybridized carbons (Fsp3) is 0.421. The van der Waals surface area contributed by atoms with Crippen molar-refractivity contribution in [3.63, 3.8) is 0 Å². The second-order valence-corrected chi connectivity index (χ2v) is 6.38. The maximum Gasteiger partial charge on any atom is 0.318 e. The first-order valence-electron chi connectivity index (χ1n) is 8.45. The number of hydrogen-bond acceptors (Lipinski definition) is 4. The molecule has 1 fully saturated rings. The third kappa shape index (κ3) is 2.81. The van der Waals surface area contributed by atoms with Gasteiger partial charge in [0.05, 0.1) is 25.5 Å². The molecular formula is C19H21NO5. The summed E-state index contributed by atoms with van der Waals surface area (Å²) >= 11 is 0. The van der Waals surface area contributed by atoms with Gasteiger partial charge in [0.1, 0.15) is 5.41 Å². The number of carbonyl (C=O) groups is 3. The van der Waals surface area contributed by atoms with E-state index in [1.165, 1.54) is 0 Å². The fourth-order valence-corrected chi connectivity index (χ4v) is 3.94. The molecule has 0 bridgehead atoms. The Morgan fingerprint density at radius 2 is 2.04 bits per heavy atom. The van der Waals surface area contributed by atoms with E-state index in [2.05, 4.69) is 0 Å². The Bertz CT molecular complexity index is 727. The number of carbonyl (C=O) groups excluding carboxylic acids is 2. The Morgan fingerprint density at radius 1 is 1.32 bits per heavy atom. The molecule has 0 spiro atoms. The SMILES string of the molecule is CCOC(=O)[C@@]12CCC=C1N(Cc1ccccc1)C(=O)[C@@H]2CC(=O)O. The highest BCUT2D eigenvalue weighted by atomic mass is 16.5. The van der Waals surface area contributed by atoms with E-state index in [0.29, 0.717) is 25.1 Å². The number of carboxylic acids is 1. The summed E-state index contributed by atoms with van der Waals surface area (Å²) in [5.74, 6) is -2.81. The number of aliphatic carboxylic acids is 1. The third-order valence-corrected chi connectivity index (χ3v) is 4.99. The first-order valence-corrected chi connectivity index (χ1v) is 8.45. The van der Waals surface area contributed by atoms with Gasteiger partial charge in [-0.15, -0.1) is 0 Å². The van der Waals surface area contributed by atoms with Gasteiger partial charge in [-0.3, -0.25) is 14.4 Å². The van der Waals surface area contributed by atoms with Crippen LogP contribution in [-0.4, -0.2) is 34.5 Å². The van der Waals surface area contributed by atoms with E-state index in [4.69, 9.17) is 4.74 Å². The van der Waals surface area contributed by atoms with Gasteiger partial charge < -0.3 is 14.7 Å². The van der Waals surface area contributed by atoms with Gasteiger partial charge in [-0.25, -0.2) is 0 Å². The molecule has 1 aromatic carbocycles. The molecule has 0 unspecified atom stereocenters. The molecule has 1 saturated heterocycles. The minimum atomic E-state index is -1.17. The highest BCUT2D eigenvalue weighted by molar-refractivity contribution is 5.98. The average Bonchev–Trinajstić information content (AvgIpc) is 3.10. The minimum Gasteiger partial charge on any atom is -0.481 e. The van der Waals surface area contributed by atoms with E-state index >= 15 is 0 Å². The largest absolute Gasteiger partial charge is 0.481 e. The van der Waals surface area contributed by atoms with Crippen molar-refractivity contribution >= 4 is 17.8 Å². The molecule has 1 aliphatic heterocycles. The lowest BCUT2D eigenvalue weighted by molar-refractivity contribution is -0.158. The van der Waals surface area contributed by atoms with Gasteiger partial charge >= 0.3 is 11.9 Å². The maximum absolute atomic E-state index is 13.0. The van der Waals surface area contributed by atoms with Crippen LogP contribution in [0.15, 0.2) is 42.1 Å². The number of rotatable bonds is 6. The minimum absolute atomic E-state index is 0.195. The summed E-state index contributed by atoms with van der Waals surface area (Å²) in [6, 6.07) is 9.46. The molecule has 6 heteroatoms. The summed E-state index contributed by atoms with van der Waals surface area (Å²) in [5.41, 5.74) is 0.365. The molecule has 0 saturated carbocycles. The Hall–Kier alpha value is -2.63. The van der Waals surface area contributed by atoms with Crippen LogP contribution in [-0.2, 0) is 25.7 Å². The summed E-state index contributed by atoms with van der Waals surface area (Å²) in [6.45, 7) is 2.22. The lowest BCUT2D eigenvalue weighted by Crippen LogP contribution is -2.39. The zero-order chi connectivity index (χ0) is 18.0. The van der Waals surface area contributed by atoms with Crippen LogP contribution in [0.2, 0.25) is 0 Å². The van der Waals surface area contributed by atoms with Crippen molar-refractivity contribution in [3.05, 3.63) is 47.7 Å². The lowest BCUT2D eigenvalue weighted by atomic mass is 9.74. The smallest absolute Gasteiger partial charge is 0.318 e. The quantitative estimate of drug-likeness (QED) is 0.802. The molecule has 2 atom stereocenters. The van der Waals surface area contributed by atoms with Gasteiger partial charge in [-0.2, -0.15) is 0 Å². The highest BCUT2D eigenvalue weighted by Crippen LogP contribution is 2.55. The number of likely N-dealkylation sites (tertiary alicyclic amines) is 1. The second kappa shape index (κ2) is 6.70. The number of allylic oxidation sites excluding steroid dienone is 1. The van der Waals surface area contributed by atoms with Crippen LogP contribution in [0, 0.1) is 11.3 Å². The fourth-order valence-electron chi connectivity index (χ4n) is 3.94. The van der Waals surface area contributed by atoms with E-state index < -0.39 is 23.3 Å². The molecule has 1 amide bonds. The molecule has 6 nitrogen and oxygen atoms in total. The van der Waals surface area contributed by atoms with E-state index in [0.717, 1.165) is 5.56 Å². The van der Waals surface area contributed by atoms with Crippen LogP contribution in [0.1, 0.15) is 31.7 Å². The molecule has 1 aromatic rings. The summed E-state index contributed by atoms with van der Waals surface area (Å²) in [4.78, 5) is 38.6. The first-order chi connectivity index (χ1) is 12.0. The molecule has 3 rings (SSSR count). The molecule has 132 valence electrons. The Morgan fingerprint density at radius 3 is 2.68 bits per heavy atom. The van der Waals surface area contributed by atoms with Crippen LogP contribution in [0.4, 0.5) is 0 Å². The number of carboxylic acid groups (broad SMARTS) is 1. The third-order valence-electron chi connectivity index (χ3n) is 4.99. The molecule has 0 aromatic heterocycles. The van der Waals surface area contributed by atoms with Gasteiger partial charge in [-0.1, -0.05) is 36.4 Å². The predicted octanol–water partition coefficient (Wildman–Crippen LogP) is 2.35. The lowest BCUT2D eigenvalue weighted by Gasteiger charge is -2.28. The molecule has 1 aliphatic carbocycles. The molecule has 1 heterocycles. The van der Waals surface area contributed by atoms with Gasteiger partial charge in [0.15, 0.2) is 0 Å². The van der Waals surface area contributed by atoms with Gasteiger partial charge in [-0.05, 0) is 25.3 Å². The van der Waals surface area contributed by atoms with Crippen molar-refractivity contribution < 1.29 is 24.2 Å². The monoisotopic (exact) mass is 343 g/mol. The number of amides is 1. The van der Waals surface area contributed by atoms with Crippen molar-refractivity contribution in [2.24, 2.45) is 11.3 Å². The Labute approximate surface area is 146 Å². The summed E-state index contributed by atoms with van der Waals surface area (Å²) < 4.78 is 5.24. The number of fused-ring (bicyclic) bond motifs is 1. The maximum atomic E-state index is 13.0. The van der Waals surface area contributed by atoms with E-state index in [1.54, 1.807) is 11.8 Å². The number of benzene rings is 1. The molecule has 2 aliphatic rings. The van der Waals surface area contributed by atoms with Gasteiger partial charge in [0.2, 0.25) is 5.91 Å². The van der Waals surface area contributed by atoms with Gasteiger partial charge in [0.25, 0.3) is 0 Å². The standard InChI is InChI=1S/C19H21NO5/c1-2-25-18(24)19-10-6-9-15(19)20(12-13-7-4-3-5-8-13)17(23)14(19)11-16(21)22/h3-5,7-9,14H,2,6,10-12H2,1H3,(H,21,22)/t14-,19+/m0/s1. The van der Waals surface area contributed by atoms with E-state index in [9.17, 15) is 19.5 Å². The first kappa shape index (κ1) is 17.2. The van der Waals surface area contributed by atoms with Crippen molar-refractivity contribution in [1.29, 1.82) is 0 Å². The molecule has 1 N–H and O–H groups in total. The highest BCUT2D eigenvalue weighted by Gasteiger charge is 2.63. The Balaban J connectivity index is 2.00. The van der Waals surface area contributed by atoms with Crippen LogP contribution >= 0.6 is 0 Å². The van der Waals surface area contributed by atoms with Crippen LogP contribution in [0.3, 0.4) is 0 Å². The van der Waals surface area contributed by atoms with Crippen molar-refractivity contribution in [2.75, 3.05) is 6.61 Å². The summed E-state index contributed by atoms with van der Waals surface area (Å²) in [6.07, 6.45) is 2.54. The zero-order valence-corrected chi connectivity index (χ0v) is 14.1. The molecule has 0 radical (unpaired) electrons. The number of ether oxygens (including phenoxy) is 1. The zero-order valence-electron chi connectivity index (χ0n) is 14.1. The van der Waals surface area contributed by atoms with Crippen molar-refractivity contribution in [2.45, 2.75) is 32.7 Å². The molecular weight excluding hydrogens is 322 g/mol. The summed E-state index contributed by atoms with van der Waals surface area (Å²) in [7, 11) is 0. The van der Waals surface area contributed by atoms with Crippen LogP contribution < -0.4 is 0 Å². The molecule has 25 heavy (non-hydrogen) atoms. The number of esters is 1. The number of nitrogens with zero attached hydrogens (tertiary/aromatic N) is 1. The van der Waals surface area contributed by atoms with Crippen molar-refractivity contribution in [3.8, 4) is 0 Å². The van der Waals surface area contributed by atoms with Crippen LogP contribution in [0.5, 0.6) is 0 Å². The normalized spacial score (nSPS) is 24.8. The topological polar surface area (TPSA) is 83.9 Å². The average molecular weight is 343 g/mol. The summed E-state index contributed by atoms with van der Waals surface area (Å²) in [5, 5.41) is 9.27. The van der Waals surface area contributed by atoms with Crippen molar-refractivity contribution in [1.82, 2.24) is 4.90 Å².